The molecule has 1 aromatic carbocycles. The Kier molecular flexibility index (Phi) is 6.52. The molecule has 0 amide bonds. The fourth-order valence-corrected chi connectivity index (χ4v) is 3.43. The van der Waals surface area contributed by atoms with Crippen LogP contribution in [0.3, 0.4) is 0 Å². The molecule has 20 heavy (non-hydrogen) atoms. The SMILES string of the molecule is CCCNCC1CCCCCC1Cc1cccc(F)c1. The van der Waals surface area contributed by atoms with Crippen LogP contribution in [0.4, 0.5) is 4.39 Å². The zero-order valence-corrected chi connectivity index (χ0v) is 12.7. The zero-order chi connectivity index (χ0) is 14.2. The molecular formula is C18H28FN. The van der Waals surface area contributed by atoms with Crippen molar-refractivity contribution in [2.24, 2.45) is 11.8 Å². The van der Waals surface area contributed by atoms with Gasteiger partial charge in [0.15, 0.2) is 0 Å². The second-order valence-electron chi connectivity index (χ2n) is 6.20. The largest absolute Gasteiger partial charge is 0.316 e. The highest BCUT2D eigenvalue weighted by Crippen LogP contribution is 2.31. The van der Waals surface area contributed by atoms with Crippen molar-refractivity contribution in [3.63, 3.8) is 0 Å². The summed E-state index contributed by atoms with van der Waals surface area (Å²) in [6.07, 6.45) is 8.93. The van der Waals surface area contributed by atoms with Gasteiger partial charge in [0.25, 0.3) is 0 Å². The van der Waals surface area contributed by atoms with Gasteiger partial charge in [-0.2, -0.15) is 0 Å². The van der Waals surface area contributed by atoms with Gasteiger partial charge in [-0.25, -0.2) is 4.39 Å². The lowest BCUT2D eigenvalue weighted by Gasteiger charge is -2.25. The molecule has 2 rings (SSSR count). The highest BCUT2D eigenvalue weighted by molar-refractivity contribution is 5.17. The van der Waals surface area contributed by atoms with Gasteiger partial charge in [0.1, 0.15) is 5.82 Å². The first-order chi connectivity index (χ1) is 9.79. The highest BCUT2D eigenvalue weighted by atomic mass is 19.1. The molecule has 2 unspecified atom stereocenters. The summed E-state index contributed by atoms with van der Waals surface area (Å²) in [5.41, 5.74) is 1.16. The van der Waals surface area contributed by atoms with Gasteiger partial charge >= 0.3 is 0 Å². The molecule has 0 radical (unpaired) electrons. The topological polar surface area (TPSA) is 12.0 Å². The molecule has 1 aromatic rings. The quantitative estimate of drug-likeness (QED) is 0.593. The van der Waals surface area contributed by atoms with Gasteiger partial charge in [-0.15, -0.1) is 0 Å². The molecule has 1 aliphatic carbocycles. The second kappa shape index (κ2) is 8.41. The third kappa shape index (κ3) is 4.90. The molecule has 0 aromatic heterocycles. The van der Waals surface area contributed by atoms with Crippen LogP contribution in [0, 0.1) is 17.7 Å². The molecule has 0 saturated heterocycles. The lowest BCUT2D eigenvalue weighted by atomic mass is 9.83. The van der Waals surface area contributed by atoms with Crippen molar-refractivity contribution < 1.29 is 4.39 Å². The Bertz CT molecular complexity index is 391. The highest BCUT2D eigenvalue weighted by Gasteiger charge is 2.23. The van der Waals surface area contributed by atoms with Gasteiger partial charge in [-0.05, 0) is 68.3 Å². The standard InChI is InChI=1S/C18H28FN/c1-2-11-20-14-17-9-5-3-4-8-16(17)12-15-7-6-10-18(19)13-15/h6-7,10,13,16-17,20H,2-5,8-9,11-12,14H2,1H3. The molecule has 2 heteroatoms. The first-order valence-electron chi connectivity index (χ1n) is 8.24. The Labute approximate surface area is 123 Å². The molecular weight excluding hydrogens is 249 g/mol. The Balaban J connectivity index is 1.96. The molecule has 1 fully saturated rings. The van der Waals surface area contributed by atoms with Crippen LogP contribution in [0.25, 0.3) is 0 Å². The van der Waals surface area contributed by atoms with Crippen LogP contribution in [0.5, 0.6) is 0 Å². The van der Waals surface area contributed by atoms with Crippen molar-refractivity contribution in [3.8, 4) is 0 Å². The van der Waals surface area contributed by atoms with Crippen molar-refractivity contribution in [3.05, 3.63) is 35.6 Å². The van der Waals surface area contributed by atoms with Crippen LogP contribution in [-0.2, 0) is 6.42 Å². The Hall–Kier alpha value is -0.890. The summed E-state index contributed by atoms with van der Waals surface area (Å²) in [5, 5.41) is 3.59. The first-order valence-corrected chi connectivity index (χ1v) is 8.24. The van der Waals surface area contributed by atoms with E-state index in [0.29, 0.717) is 5.92 Å². The minimum Gasteiger partial charge on any atom is -0.316 e. The van der Waals surface area contributed by atoms with E-state index in [9.17, 15) is 4.39 Å². The number of rotatable bonds is 6. The summed E-state index contributed by atoms with van der Waals surface area (Å²) in [4.78, 5) is 0. The van der Waals surface area contributed by atoms with E-state index in [0.717, 1.165) is 31.0 Å². The minimum absolute atomic E-state index is 0.100. The molecule has 112 valence electrons. The van der Waals surface area contributed by atoms with Gasteiger partial charge in [0.05, 0.1) is 0 Å². The summed E-state index contributed by atoms with van der Waals surface area (Å²) in [6, 6.07) is 7.16. The second-order valence-corrected chi connectivity index (χ2v) is 6.20. The molecule has 0 bridgehead atoms. The Morgan fingerprint density at radius 1 is 1.15 bits per heavy atom. The van der Waals surface area contributed by atoms with Crippen LogP contribution in [0.15, 0.2) is 24.3 Å². The first kappa shape index (κ1) is 15.5. The predicted octanol–water partition coefficient (Wildman–Crippen LogP) is 4.56. The van der Waals surface area contributed by atoms with E-state index >= 15 is 0 Å². The van der Waals surface area contributed by atoms with Crippen molar-refractivity contribution in [2.45, 2.75) is 51.9 Å². The summed E-state index contributed by atoms with van der Waals surface area (Å²) in [5.74, 6) is 1.37. The summed E-state index contributed by atoms with van der Waals surface area (Å²) in [6.45, 7) is 4.46. The summed E-state index contributed by atoms with van der Waals surface area (Å²) >= 11 is 0. The zero-order valence-electron chi connectivity index (χ0n) is 12.7. The van der Waals surface area contributed by atoms with E-state index in [4.69, 9.17) is 0 Å². The van der Waals surface area contributed by atoms with Crippen LogP contribution in [0.1, 0.15) is 51.0 Å². The van der Waals surface area contributed by atoms with Crippen LogP contribution in [-0.4, -0.2) is 13.1 Å². The molecule has 1 N–H and O–H groups in total. The fraction of sp³-hybridized carbons (Fsp3) is 0.667. The molecule has 0 spiro atoms. The number of hydrogen-bond donors (Lipinski definition) is 1. The molecule has 1 saturated carbocycles. The van der Waals surface area contributed by atoms with Crippen molar-refractivity contribution in [1.82, 2.24) is 5.32 Å². The minimum atomic E-state index is -0.100. The van der Waals surface area contributed by atoms with Crippen molar-refractivity contribution in [2.75, 3.05) is 13.1 Å². The van der Waals surface area contributed by atoms with Crippen molar-refractivity contribution >= 4 is 0 Å². The van der Waals surface area contributed by atoms with Gasteiger partial charge < -0.3 is 5.32 Å². The molecule has 1 nitrogen and oxygen atoms in total. The lowest BCUT2D eigenvalue weighted by Crippen LogP contribution is -2.29. The number of hydrogen-bond acceptors (Lipinski definition) is 1. The molecule has 1 aliphatic rings. The maximum absolute atomic E-state index is 13.3. The fourth-order valence-electron chi connectivity index (χ4n) is 3.43. The van der Waals surface area contributed by atoms with E-state index in [1.165, 1.54) is 44.6 Å². The summed E-state index contributed by atoms with van der Waals surface area (Å²) < 4.78 is 13.3. The van der Waals surface area contributed by atoms with Crippen molar-refractivity contribution in [1.29, 1.82) is 0 Å². The molecule has 2 atom stereocenters. The van der Waals surface area contributed by atoms with E-state index in [-0.39, 0.29) is 5.82 Å². The van der Waals surface area contributed by atoms with Gasteiger partial charge in [0.2, 0.25) is 0 Å². The maximum Gasteiger partial charge on any atom is 0.123 e. The maximum atomic E-state index is 13.3. The predicted molar refractivity (Wildman–Crippen MR) is 83.3 cm³/mol. The normalized spacial score (nSPS) is 23.5. The number of benzene rings is 1. The Morgan fingerprint density at radius 2 is 1.95 bits per heavy atom. The van der Waals surface area contributed by atoms with Crippen LogP contribution >= 0.6 is 0 Å². The van der Waals surface area contributed by atoms with E-state index in [2.05, 4.69) is 18.3 Å². The third-order valence-corrected chi connectivity index (χ3v) is 4.54. The lowest BCUT2D eigenvalue weighted by molar-refractivity contribution is 0.298. The van der Waals surface area contributed by atoms with E-state index in [1.54, 1.807) is 6.07 Å². The van der Waals surface area contributed by atoms with E-state index in [1.807, 2.05) is 6.07 Å². The van der Waals surface area contributed by atoms with Crippen LogP contribution in [0.2, 0.25) is 0 Å². The monoisotopic (exact) mass is 277 g/mol. The van der Waals surface area contributed by atoms with Crippen LogP contribution < -0.4 is 5.32 Å². The number of halogens is 1. The molecule has 0 heterocycles. The van der Waals surface area contributed by atoms with E-state index < -0.39 is 0 Å². The average Bonchev–Trinajstić information content (AvgIpc) is 2.65. The smallest absolute Gasteiger partial charge is 0.123 e. The average molecular weight is 277 g/mol. The third-order valence-electron chi connectivity index (χ3n) is 4.54. The summed E-state index contributed by atoms with van der Waals surface area (Å²) in [7, 11) is 0. The molecule has 0 aliphatic heterocycles. The Morgan fingerprint density at radius 3 is 2.70 bits per heavy atom. The number of nitrogens with one attached hydrogen (secondary N) is 1. The van der Waals surface area contributed by atoms with Gasteiger partial charge in [-0.3, -0.25) is 0 Å². The van der Waals surface area contributed by atoms with Gasteiger partial charge in [0, 0.05) is 0 Å². The van der Waals surface area contributed by atoms with Gasteiger partial charge in [-0.1, -0.05) is 38.3 Å².